The summed E-state index contributed by atoms with van der Waals surface area (Å²) in [6.45, 7) is 3.17. The number of rotatable bonds is 3. The first-order valence-electron chi connectivity index (χ1n) is 8.10. The van der Waals surface area contributed by atoms with Crippen molar-refractivity contribution < 1.29 is 17.2 Å². The molecule has 4 rings (SSSR count). The molecule has 0 atom stereocenters. The zero-order valence-electron chi connectivity index (χ0n) is 13.7. The van der Waals surface area contributed by atoms with E-state index in [-0.39, 0.29) is 10.4 Å². The minimum Gasteiger partial charge on any atom is -0.366 e. The lowest BCUT2D eigenvalue weighted by molar-refractivity contribution is 0.553. The van der Waals surface area contributed by atoms with Gasteiger partial charge in [0.2, 0.25) is 9.84 Å². The zero-order valence-corrected chi connectivity index (χ0v) is 14.5. The number of hydrogen-bond acceptors (Lipinski definition) is 5. The highest BCUT2D eigenvalue weighted by molar-refractivity contribution is 7.91. The molecule has 3 heterocycles. The van der Waals surface area contributed by atoms with Gasteiger partial charge < -0.3 is 15.2 Å². The summed E-state index contributed by atoms with van der Waals surface area (Å²) in [5, 5.41) is 3.25. The monoisotopic (exact) mass is 378 g/mol. The summed E-state index contributed by atoms with van der Waals surface area (Å²) in [7, 11) is -4.25. The molecule has 0 saturated carbocycles. The van der Waals surface area contributed by atoms with E-state index in [9.17, 15) is 17.2 Å². The van der Waals surface area contributed by atoms with Gasteiger partial charge >= 0.3 is 0 Å². The van der Waals surface area contributed by atoms with Gasteiger partial charge in [-0.3, -0.25) is 4.98 Å². The standard InChI is InChI=1S/C17H16F2N4O2S/c18-11-1-2-12(19)15(9-11)26(24,25)14-3-4-21-16-13(10-22-17(14)16)23-7-5-20-6-8-23/h1-4,9-10,20,22H,5-8H2. The van der Waals surface area contributed by atoms with Gasteiger partial charge in [-0.1, -0.05) is 0 Å². The molecule has 2 N–H and O–H groups in total. The van der Waals surface area contributed by atoms with Gasteiger partial charge in [0, 0.05) is 38.6 Å². The van der Waals surface area contributed by atoms with Crippen molar-refractivity contribution in [3.05, 3.63) is 48.3 Å². The molecule has 6 nitrogen and oxygen atoms in total. The Hall–Kier alpha value is -2.52. The van der Waals surface area contributed by atoms with Gasteiger partial charge in [-0.25, -0.2) is 17.2 Å². The van der Waals surface area contributed by atoms with E-state index in [4.69, 9.17) is 0 Å². The van der Waals surface area contributed by atoms with Crippen LogP contribution in [0.25, 0.3) is 11.0 Å². The molecular formula is C17H16F2N4O2S. The van der Waals surface area contributed by atoms with Crippen LogP contribution < -0.4 is 10.2 Å². The molecule has 0 amide bonds. The maximum absolute atomic E-state index is 14.1. The first-order valence-corrected chi connectivity index (χ1v) is 9.59. The van der Waals surface area contributed by atoms with Crippen molar-refractivity contribution in [3.8, 4) is 0 Å². The number of aromatic nitrogens is 2. The maximum atomic E-state index is 14.1. The third kappa shape index (κ3) is 2.73. The van der Waals surface area contributed by atoms with Gasteiger partial charge in [0.05, 0.1) is 16.1 Å². The number of sulfone groups is 1. The van der Waals surface area contributed by atoms with E-state index in [0.717, 1.165) is 44.0 Å². The smallest absolute Gasteiger partial charge is 0.211 e. The van der Waals surface area contributed by atoms with E-state index in [2.05, 4.69) is 20.2 Å². The predicted octanol–water partition coefficient (Wildman–Crippen LogP) is 2.08. The number of pyridine rings is 1. The van der Waals surface area contributed by atoms with Crippen molar-refractivity contribution in [2.45, 2.75) is 9.79 Å². The molecule has 0 radical (unpaired) electrons. The molecule has 0 spiro atoms. The summed E-state index contributed by atoms with van der Waals surface area (Å²) in [5.74, 6) is -1.81. The number of nitrogens with one attached hydrogen (secondary N) is 2. The lowest BCUT2D eigenvalue weighted by Crippen LogP contribution is -2.43. The number of H-pyrrole nitrogens is 1. The third-order valence-electron chi connectivity index (χ3n) is 4.44. The summed E-state index contributed by atoms with van der Waals surface area (Å²) in [6, 6.07) is 3.67. The van der Waals surface area contributed by atoms with Gasteiger partial charge in [-0.15, -0.1) is 0 Å². The molecule has 0 aliphatic carbocycles. The second kappa shape index (κ2) is 6.33. The Morgan fingerprint density at radius 3 is 2.62 bits per heavy atom. The molecule has 2 aromatic heterocycles. The molecule has 3 aromatic rings. The van der Waals surface area contributed by atoms with E-state index < -0.39 is 26.4 Å². The van der Waals surface area contributed by atoms with Crippen LogP contribution in [0.2, 0.25) is 0 Å². The molecule has 26 heavy (non-hydrogen) atoms. The highest BCUT2D eigenvalue weighted by Crippen LogP contribution is 2.33. The van der Waals surface area contributed by atoms with Gasteiger partial charge in [-0.05, 0) is 24.3 Å². The third-order valence-corrected chi connectivity index (χ3v) is 6.25. The summed E-state index contributed by atoms with van der Waals surface area (Å²) >= 11 is 0. The van der Waals surface area contributed by atoms with Crippen LogP contribution in [0.5, 0.6) is 0 Å². The number of piperazine rings is 1. The average Bonchev–Trinajstić information content (AvgIpc) is 3.08. The SMILES string of the molecule is O=S(=O)(c1cc(F)ccc1F)c1ccnc2c(N3CCNCC3)c[nH]c12. The predicted molar refractivity (Wildman–Crippen MR) is 93.0 cm³/mol. The summed E-state index contributed by atoms with van der Waals surface area (Å²) in [6.07, 6.45) is 3.07. The fraction of sp³-hybridized carbons (Fsp3) is 0.235. The number of anilines is 1. The molecule has 1 aromatic carbocycles. The van der Waals surface area contributed by atoms with E-state index >= 15 is 0 Å². The first-order chi connectivity index (χ1) is 12.5. The molecule has 0 bridgehead atoms. The van der Waals surface area contributed by atoms with Crippen LogP contribution in [0.3, 0.4) is 0 Å². The Balaban J connectivity index is 1.87. The fourth-order valence-electron chi connectivity index (χ4n) is 3.16. The van der Waals surface area contributed by atoms with Gasteiger partial charge in [-0.2, -0.15) is 0 Å². The molecule has 1 aliphatic rings. The molecule has 9 heteroatoms. The minimum atomic E-state index is -4.25. The summed E-state index contributed by atoms with van der Waals surface area (Å²) < 4.78 is 53.4. The van der Waals surface area contributed by atoms with Crippen molar-refractivity contribution in [2.75, 3.05) is 31.1 Å². The second-order valence-electron chi connectivity index (χ2n) is 6.02. The highest BCUT2D eigenvalue weighted by atomic mass is 32.2. The number of hydrogen-bond donors (Lipinski definition) is 2. The Labute approximate surface area is 148 Å². The average molecular weight is 378 g/mol. The topological polar surface area (TPSA) is 78.1 Å². The Morgan fingerprint density at radius 1 is 1.08 bits per heavy atom. The van der Waals surface area contributed by atoms with Crippen molar-refractivity contribution in [1.29, 1.82) is 0 Å². The largest absolute Gasteiger partial charge is 0.366 e. The van der Waals surface area contributed by atoms with Crippen LogP contribution >= 0.6 is 0 Å². The minimum absolute atomic E-state index is 0.131. The quantitative estimate of drug-likeness (QED) is 0.730. The van der Waals surface area contributed by atoms with Gasteiger partial charge in [0.15, 0.2) is 0 Å². The lowest BCUT2D eigenvalue weighted by Gasteiger charge is -2.28. The summed E-state index contributed by atoms with van der Waals surface area (Å²) in [5.41, 5.74) is 1.56. The second-order valence-corrected chi connectivity index (χ2v) is 7.91. The van der Waals surface area contributed by atoms with Crippen LogP contribution in [-0.4, -0.2) is 44.6 Å². The number of halogens is 2. The molecule has 1 aliphatic heterocycles. The van der Waals surface area contributed by atoms with E-state index in [1.807, 2.05) is 0 Å². The maximum Gasteiger partial charge on any atom is 0.211 e. The van der Waals surface area contributed by atoms with Crippen LogP contribution in [-0.2, 0) is 9.84 Å². The summed E-state index contributed by atoms with van der Waals surface area (Å²) in [4.78, 5) is 8.52. The van der Waals surface area contributed by atoms with Crippen molar-refractivity contribution in [1.82, 2.24) is 15.3 Å². The molecule has 1 saturated heterocycles. The van der Waals surface area contributed by atoms with E-state index in [1.165, 1.54) is 12.3 Å². The van der Waals surface area contributed by atoms with E-state index in [0.29, 0.717) is 11.6 Å². The van der Waals surface area contributed by atoms with Gasteiger partial charge in [0.1, 0.15) is 22.0 Å². The van der Waals surface area contributed by atoms with Crippen LogP contribution in [0, 0.1) is 11.6 Å². The van der Waals surface area contributed by atoms with Gasteiger partial charge in [0.25, 0.3) is 0 Å². The van der Waals surface area contributed by atoms with Crippen LogP contribution in [0.4, 0.5) is 14.5 Å². The molecule has 0 unspecified atom stereocenters. The normalized spacial score (nSPS) is 15.5. The lowest BCUT2D eigenvalue weighted by atomic mass is 10.3. The Kier molecular flexibility index (Phi) is 4.12. The number of nitrogens with zero attached hydrogens (tertiary/aromatic N) is 2. The molecule has 1 fully saturated rings. The van der Waals surface area contributed by atoms with Crippen molar-refractivity contribution in [2.24, 2.45) is 0 Å². The van der Waals surface area contributed by atoms with Crippen LogP contribution in [0.1, 0.15) is 0 Å². The molecular weight excluding hydrogens is 362 g/mol. The number of benzene rings is 1. The van der Waals surface area contributed by atoms with Crippen LogP contribution in [0.15, 0.2) is 46.5 Å². The molecule has 136 valence electrons. The zero-order chi connectivity index (χ0) is 18.3. The highest BCUT2D eigenvalue weighted by Gasteiger charge is 2.27. The number of fused-ring (bicyclic) bond motifs is 1. The van der Waals surface area contributed by atoms with Crippen molar-refractivity contribution in [3.63, 3.8) is 0 Å². The Morgan fingerprint density at radius 2 is 1.85 bits per heavy atom. The van der Waals surface area contributed by atoms with E-state index in [1.54, 1.807) is 6.20 Å². The number of aromatic amines is 1. The first kappa shape index (κ1) is 16.9. The van der Waals surface area contributed by atoms with Crippen molar-refractivity contribution >= 4 is 26.6 Å². The fourth-order valence-corrected chi connectivity index (χ4v) is 4.65. The Bertz CT molecular complexity index is 1080.